The van der Waals surface area contributed by atoms with Crippen LogP contribution in [0.5, 0.6) is 0 Å². The molecule has 0 aromatic carbocycles. The van der Waals surface area contributed by atoms with Crippen molar-refractivity contribution in [3.05, 3.63) is 0 Å². The van der Waals surface area contributed by atoms with Crippen molar-refractivity contribution in [2.45, 2.75) is 181 Å². The molecule has 0 heterocycles. The number of hydrogen-bond donors (Lipinski definition) is 1. The van der Waals surface area contributed by atoms with Gasteiger partial charge >= 0.3 is 181 Å². The molecule has 0 saturated carbocycles. The topological polar surface area (TPSA) is 54.4 Å². The van der Waals surface area contributed by atoms with Crippen LogP contribution in [0.3, 0.4) is 0 Å². The van der Waals surface area contributed by atoms with E-state index in [2.05, 4.69) is 29.4 Å². The van der Waals surface area contributed by atoms with E-state index in [1.807, 2.05) is 0 Å². The molecule has 36 heavy (non-hydrogen) atoms. The summed E-state index contributed by atoms with van der Waals surface area (Å²) in [5.41, 5.74) is 0. The molecule has 0 saturated heterocycles. The summed E-state index contributed by atoms with van der Waals surface area (Å²) in [7, 11) is 0. The molecule has 3 nitrogen and oxygen atoms in total. The van der Waals surface area contributed by atoms with Gasteiger partial charge < -0.3 is 0 Å². The maximum absolute atomic E-state index is 12.7. The molecule has 0 fully saturated rings. The number of carbonyl (C=O) groups is 2. The molecular weight excluding hydrogens is 488 g/mol. The Balaban J connectivity index is 3.75. The molecule has 0 aliphatic rings. The Morgan fingerprint density at radius 1 is 0.528 bits per heavy atom. The van der Waals surface area contributed by atoms with Crippen LogP contribution in [-0.4, -0.2) is 21.3 Å². The molecule has 0 bridgehead atoms. The number of carboxylic acid groups (broad SMARTS) is 1. The van der Waals surface area contributed by atoms with E-state index in [0.29, 0.717) is 17.3 Å². The van der Waals surface area contributed by atoms with Crippen molar-refractivity contribution in [3.8, 4) is 0 Å². The number of rotatable bonds is 29. The fourth-order valence-electron chi connectivity index (χ4n) is 4.98. The molecule has 4 heteroatoms. The van der Waals surface area contributed by atoms with E-state index < -0.39 is 11.9 Å². The number of carboxylic acids is 1. The second kappa shape index (κ2) is 27.6. The van der Waals surface area contributed by atoms with E-state index in [4.69, 9.17) is 0 Å². The second-order valence-corrected chi connectivity index (χ2v) is 11.6. The number of hydrogen-bond acceptors (Lipinski definition) is 2. The summed E-state index contributed by atoms with van der Waals surface area (Å²) in [6, 6.07) is 0. The molecule has 1 N–H and O–H groups in total. The summed E-state index contributed by atoms with van der Waals surface area (Å²) in [6.45, 7) is 4.52. The summed E-state index contributed by atoms with van der Waals surface area (Å²) < 4.78 is 0.522. The van der Waals surface area contributed by atoms with Crippen molar-refractivity contribution in [1.29, 1.82) is 0 Å². The van der Waals surface area contributed by atoms with Crippen LogP contribution in [0.2, 0.25) is 0 Å². The van der Waals surface area contributed by atoms with Crippen LogP contribution >= 0.6 is 0 Å². The molecule has 0 amide bonds. The van der Waals surface area contributed by atoms with Crippen LogP contribution in [-0.2, 0) is 25.2 Å². The fourth-order valence-corrected chi connectivity index (χ4v) is 5.37. The van der Waals surface area contributed by atoms with E-state index in [1.54, 1.807) is 0 Å². The number of unbranched alkanes of at least 4 members (excludes halogenated alkanes) is 22. The minimum atomic E-state index is -0.973. The molecular formula is C32H60FeO3. The van der Waals surface area contributed by atoms with Gasteiger partial charge in [0.2, 0.25) is 0 Å². The van der Waals surface area contributed by atoms with E-state index in [9.17, 15) is 14.7 Å². The van der Waals surface area contributed by atoms with Gasteiger partial charge in [-0.25, -0.2) is 0 Å². The van der Waals surface area contributed by atoms with Gasteiger partial charge in [0, 0.05) is 0 Å². The standard InChI is InChI=1S/C32H60O3.Fe/c1-3-5-7-9-11-13-15-17-19-21-23-25-27-29-31(33)30(32(34)35)28-26-24-22-20-18-16-14-12-10-8-6-4-2;/h30H,3-28H2,1-2H3,(H,34,35);. The van der Waals surface area contributed by atoms with E-state index in [1.165, 1.54) is 122 Å². The molecule has 0 aliphatic carbocycles. The average Bonchev–Trinajstić information content (AvgIpc) is 2.86. The molecule has 0 aromatic rings. The quantitative estimate of drug-likeness (QED) is 0.0575. The number of ketones is 1. The van der Waals surface area contributed by atoms with Gasteiger partial charge in [0.15, 0.2) is 0 Å². The monoisotopic (exact) mass is 548 g/mol. The van der Waals surface area contributed by atoms with Crippen molar-refractivity contribution in [3.63, 3.8) is 0 Å². The normalized spacial score (nSPS) is 12.1. The predicted molar refractivity (Wildman–Crippen MR) is 153 cm³/mol. The van der Waals surface area contributed by atoms with E-state index in [0.717, 1.165) is 32.1 Å². The van der Waals surface area contributed by atoms with Gasteiger partial charge in [-0.2, -0.15) is 0 Å². The minimum absolute atomic E-state index is 0.228. The summed E-state index contributed by atoms with van der Waals surface area (Å²) in [5.74, 6) is -2.09. The zero-order chi connectivity index (χ0) is 26.7. The Labute approximate surface area is 232 Å². The Bertz CT molecular complexity index is 531. The van der Waals surface area contributed by atoms with Crippen LogP contribution in [0.15, 0.2) is 0 Å². The van der Waals surface area contributed by atoms with E-state index >= 15 is 0 Å². The van der Waals surface area contributed by atoms with Crippen LogP contribution in [0.4, 0.5) is 0 Å². The third-order valence-corrected chi connectivity index (χ3v) is 8.01. The summed E-state index contributed by atoms with van der Waals surface area (Å²) in [4.78, 5) is 24.4. The zero-order valence-electron chi connectivity index (χ0n) is 24.1. The van der Waals surface area contributed by atoms with Crippen LogP contribution < -0.4 is 0 Å². The third-order valence-electron chi connectivity index (χ3n) is 7.47. The first-order valence-electron chi connectivity index (χ1n) is 15.8. The molecule has 0 spiro atoms. The van der Waals surface area contributed by atoms with Gasteiger partial charge in [-0.3, -0.25) is 0 Å². The van der Waals surface area contributed by atoms with Crippen molar-refractivity contribution in [1.82, 2.24) is 0 Å². The summed E-state index contributed by atoms with van der Waals surface area (Å²) in [6.07, 6.45) is 31.5. The number of aliphatic carboxylic acids is 1. The van der Waals surface area contributed by atoms with Crippen molar-refractivity contribution in [2.24, 2.45) is 5.92 Å². The number of Topliss-reactive ketones (excluding diaryl/α,β-unsaturated/α-hetero) is 1. The Kier molecular flexibility index (Phi) is 27.2. The molecule has 0 rings (SSSR count). The van der Waals surface area contributed by atoms with Gasteiger partial charge in [-0.1, -0.05) is 52.4 Å². The molecule has 214 valence electrons. The second-order valence-electron chi connectivity index (χ2n) is 11.0. The molecule has 1 unspecified atom stereocenters. The molecule has 1 atom stereocenters. The van der Waals surface area contributed by atoms with Crippen LogP contribution in [0, 0.1) is 5.92 Å². The Morgan fingerprint density at radius 3 is 1.17 bits per heavy atom. The van der Waals surface area contributed by atoms with Gasteiger partial charge in [-0.05, 0) is 0 Å². The van der Waals surface area contributed by atoms with Crippen molar-refractivity contribution in [2.75, 3.05) is 0 Å². The summed E-state index contributed by atoms with van der Waals surface area (Å²) >= 11 is 3.94. The maximum atomic E-state index is 12.7. The van der Waals surface area contributed by atoms with Gasteiger partial charge in [0.05, 0.1) is 0 Å². The average molecular weight is 549 g/mol. The first kappa shape index (κ1) is 35.5. The van der Waals surface area contributed by atoms with Gasteiger partial charge in [-0.15, -0.1) is 0 Å². The van der Waals surface area contributed by atoms with Crippen molar-refractivity contribution < 1.29 is 30.3 Å². The first-order chi connectivity index (χ1) is 17.5. The fraction of sp³-hybridized carbons (Fsp3) is 0.906. The van der Waals surface area contributed by atoms with Gasteiger partial charge in [0.1, 0.15) is 0 Å². The zero-order valence-corrected chi connectivity index (χ0v) is 25.2. The van der Waals surface area contributed by atoms with Crippen LogP contribution in [0.1, 0.15) is 181 Å². The molecule has 0 aromatic heterocycles. The first-order valence-corrected chi connectivity index (χ1v) is 16.4. The SMILES string of the molecule is CCCCCCCCCCCCCC[C](=[Fe])C(=O)C(CCCCCCCCCCCCCC)C(=O)O. The van der Waals surface area contributed by atoms with E-state index in [-0.39, 0.29) is 5.78 Å². The molecule has 0 aliphatic heterocycles. The third kappa shape index (κ3) is 22.7. The molecule has 0 radical (unpaired) electrons. The Hall–Kier alpha value is -0.471. The summed E-state index contributed by atoms with van der Waals surface area (Å²) in [5, 5.41) is 9.58. The number of carbonyl (C=O) groups excluding carboxylic acids is 1. The predicted octanol–water partition coefficient (Wildman–Crippen LogP) is 10.2. The van der Waals surface area contributed by atoms with Crippen LogP contribution in [0.25, 0.3) is 0 Å². The van der Waals surface area contributed by atoms with Crippen molar-refractivity contribution >= 4 is 16.2 Å². The Morgan fingerprint density at radius 2 is 0.833 bits per heavy atom. The van der Waals surface area contributed by atoms with Gasteiger partial charge in [0.25, 0.3) is 0 Å².